The second-order valence-corrected chi connectivity index (χ2v) is 3.37. The van der Waals surface area contributed by atoms with E-state index in [1.54, 1.807) is 24.1 Å². The summed E-state index contributed by atoms with van der Waals surface area (Å²) < 4.78 is 4.55. The topological polar surface area (TPSA) is 66.2 Å². The average molecular weight is 219 g/mol. The Morgan fingerprint density at radius 3 is 2.88 bits per heavy atom. The second-order valence-electron chi connectivity index (χ2n) is 3.37. The third-order valence-electron chi connectivity index (χ3n) is 2.09. The predicted molar refractivity (Wildman–Crippen MR) is 59.0 cm³/mol. The summed E-state index contributed by atoms with van der Waals surface area (Å²) in [6.45, 7) is 1.90. The van der Waals surface area contributed by atoms with Crippen molar-refractivity contribution < 1.29 is 9.53 Å². The Bertz CT molecular complexity index is 437. The van der Waals surface area contributed by atoms with Crippen molar-refractivity contribution >= 4 is 11.8 Å². The van der Waals surface area contributed by atoms with Gasteiger partial charge in [0.05, 0.1) is 12.7 Å². The minimum Gasteiger partial charge on any atom is -0.468 e. The first-order valence-electron chi connectivity index (χ1n) is 4.74. The van der Waals surface area contributed by atoms with Crippen molar-refractivity contribution in [2.75, 3.05) is 25.6 Å². The molecule has 1 aromatic heterocycles. The summed E-state index contributed by atoms with van der Waals surface area (Å²) in [6.07, 6.45) is 0. The summed E-state index contributed by atoms with van der Waals surface area (Å²) in [7, 11) is 3.02. The van der Waals surface area contributed by atoms with Gasteiger partial charge in [0.15, 0.2) is 0 Å². The number of nitrogens with zero attached hydrogens (tertiary/aromatic N) is 3. The summed E-state index contributed by atoms with van der Waals surface area (Å²) in [5.74, 6) is 0.127. The van der Waals surface area contributed by atoms with Gasteiger partial charge in [-0.05, 0) is 19.1 Å². The monoisotopic (exact) mass is 219 g/mol. The Morgan fingerprint density at radius 1 is 1.62 bits per heavy atom. The first-order valence-corrected chi connectivity index (χ1v) is 4.74. The molecule has 0 bridgehead atoms. The van der Waals surface area contributed by atoms with Gasteiger partial charge >= 0.3 is 5.97 Å². The minimum absolute atomic E-state index is 0.0711. The van der Waals surface area contributed by atoms with E-state index in [4.69, 9.17) is 5.26 Å². The number of aryl methyl sites for hydroxylation is 1. The lowest BCUT2D eigenvalue weighted by molar-refractivity contribution is -0.138. The Morgan fingerprint density at radius 2 is 2.31 bits per heavy atom. The molecule has 0 saturated carbocycles. The molecule has 1 rings (SSSR count). The van der Waals surface area contributed by atoms with Crippen molar-refractivity contribution in [2.24, 2.45) is 0 Å². The number of pyridine rings is 1. The van der Waals surface area contributed by atoms with Crippen LogP contribution in [0.1, 0.15) is 11.3 Å². The van der Waals surface area contributed by atoms with Gasteiger partial charge in [0, 0.05) is 12.7 Å². The molecule has 0 atom stereocenters. The van der Waals surface area contributed by atoms with Crippen LogP contribution >= 0.6 is 0 Å². The molecular weight excluding hydrogens is 206 g/mol. The van der Waals surface area contributed by atoms with Crippen LogP contribution in [0.4, 0.5) is 5.82 Å². The standard InChI is InChI=1S/C11H13N3O2/c1-8-4-5-9(6-12)11(13-8)14(2)7-10(15)16-3/h4-5H,7H2,1-3H3. The molecule has 0 saturated heterocycles. The minimum atomic E-state index is -0.366. The van der Waals surface area contributed by atoms with Crippen molar-refractivity contribution in [1.29, 1.82) is 5.26 Å². The molecule has 1 aromatic rings. The van der Waals surface area contributed by atoms with Crippen molar-refractivity contribution in [3.8, 4) is 6.07 Å². The molecule has 0 aliphatic rings. The first-order chi connectivity index (χ1) is 7.58. The molecule has 0 aromatic carbocycles. The molecule has 0 N–H and O–H groups in total. The fraction of sp³-hybridized carbons (Fsp3) is 0.364. The van der Waals surface area contributed by atoms with Crippen molar-refractivity contribution in [1.82, 2.24) is 4.98 Å². The zero-order valence-corrected chi connectivity index (χ0v) is 9.52. The van der Waals surface area contributed by atoms with E-state index in [0.29, 0.717) is 11.4 Å². The van der Waals surface area contributed by atoms with Crippen LogP contribution in [0.25, 0.3) is 0 Å². The number of hydrogen-bond donors (Lipinski definition) is 0. The number of hydrogen-bond acceptors (Lipinski definition) is 5. The molecule has 0 aliphatic carbocycles. The van der Waals surface area contributed by atoms with Crippen LogP contribution in [0.3, 0.4) is 0 Å². The third-order valence-corrected chi connectivity index (χ3v) is 2.09. The van der Waals surface area contributed by atoms with Gasteiger partial charge in [0.25, 0.3) is 0 Å². The van der Waals surface area contributed by atoms with Crippen molar-refractivity contribution in [2.45, 2.75) is 6.92 Å². The first kappa shape index (κ1) is 12.0. The normalized spacial score (nSPS) is 9.38. The molecule has 0 amide bonds. The lowest BCUT2D eigenvalue weighted by Crippen LogP contribution is -2.28. The molecule has 0 spiro atoms. The Kier molecular flexibility index (Phi) is 3.84. The zero-order chi connectivity index (χ0) is 12.1. The number of carbonyl (C=O) groups is 1. The smallest absolute Gasteiger partial charge is 0.325 e. The second kappa shape index (κ2) is 5.12. The van der Waals surface area contributed by atoms with Gasteiger partial charge in [-0.3, -0.25) is 4.79 Å². The summed E-state index contributed by atoms with van der Waals surface area (Å²) in [5.41, 5.74) is 1.24. The number of likely N-dealkylation sites (N-methyl/N-ethyl adjacent to an activating group) is 1. The van der Waals surface area contributed by atoms with Gasteiger partial charge in [-0.15, -0.1) is 0 Å². The maximum absolute atomic E-state index is 11.1. The van der Waals surface area contributed by atoms with E-state index in [9.17, 15) is 4.79 Å². The lowest BCUT2D eigenvalue weighted by atomic mass is 10.2. The van der Waals surface area contributed by atoms with Crippen LogP contribution in [-0.4, -0.2) is 31.7 Å². The van der Waals surface area contributed by atoms with E-state index in [0.717, 1.165) is 5.69 Å². The third kappa shape index (κ3) is 2.70. The van der Waals surface area contributed by atoms with Crippen LogP contribution in [0, 0.1) is 18.3 Å². The number of ether oxygens (including phenoxy) is 1. The van der Waals surface area contributed by atoms with Crippen LogP contribution in [0.2, 0.25) is 0 Å². The summed E-state index contributed by atoms with van der Waals surface area (Å²) in [5, 5.41) is 8.92. The molecule has 0 aliphatic heterocycles. The maximum Gasteiger partial charge on any atom is 0.325 e. The van der Waals surface area contributed by atoms with E-state index < -0.39 is 0 Å². The van der Waals surface area contributed by atoms with Gasteiger partial charge in [0.1, 0.15) is 18.4 Å². The molecule has 84 valence electrons. The molecule has 0 fully saturated rings. The van der Waals surface area contributed by atoms with E-state index in [1.165, 1.54) is 7.11 Å². The maximum atomic E-state index is 11.1. The van der Waals surface area contributed by atoms with E-state index in [-0.39, 0.29) is 12.5 Å². The SMILES string of the molecule is COC(=O)CN(C)c1nc(C)ccc1C#N. The van der Waals surface area contributed by atoms with Crippen LogP contribution in [-0.2, 0) is 9.53 Å². The Balaban J connectivity index is 2.98. The number of carbonyl (C=O) groups excluding carboxylic acids is 1. The molecule has 16 heavy (non-hydrogen) atoms. The van der Waals surface area contributed by atoms with Crippen LogP contribution < -0.4 is 4.90 Å². The Hall–Kier alpha value is -2.09. The average Bonchev–Trinajstić information content (AvgIpc) is 2.28. The highest BCUT2D eigenvalue weighted by atomic mass is 16.5. The van der Waals surface area contributed by atoms with E-state index in [2.05, 4.69) is 9.72 Å². The van der Waals surface area contributed by atoms with Gasteiger partial charge in [-0.25, -0.2) is 4.98 Å². The molecule has 5 nitrogen and oxygen atoms in total. The largest absolute Gasteiger partial charge is 0.468 e. The molecule has 0 unspecified atom stereocenters. The number of nitriles is 1. The number of esters is 1. The van der Waals surface area contributed by atoms with E-state index in [1.807, 2.05) is 13.0 Å². The molecular formula is C11H13N3O2. The highest BCUT2D eigenvalue weighted by molar-refractivity contribution is 5.75. The lowest BCUT2D eigenvalue weighted by Gasteiger charge is -2.17. The number of anilines is 1. The predicted octanol–water partition coefficient (Wildman–Crippen LogP) is 0.871. The zero-order valence-electron chi connectivity index (χ0n) is 9.52. The van der Waals surface area contributed by atoms with Crippen molar-refractivity contribution in [3.05, 3.63) is 23.4 Å². The molecule has 1 heterocycles. The van der Waals surface area contributed by atoms with Gasteiger partial charge < -0.3 is 9.64 Å². The molecule has 5 heteroatoms. The van der Waals surface area contributed by atoms with Crippen molar-refractivity contribution in [3.63, 3.8) is 0 Å². The van der Waals surface area contributed by atoms with Gasteiger partial charge in [-0.1, -0.05) is 0 Å². The fourth-order valence-corrected chi connectivity index (χ4v) is 1.25. The quantitative estimate of drug-likeness (QED) is 0.706. The highest BCUT2D eigenvalue weighted by Crippen LogP contribution is 2.15. The Labute approximate surface area is 94.3 Å². The van der Waals surface area contributed by atoms with Crippen LogP contribution in [0.5, 0.6) is 0 Å². The van der Waals surface area contributed by atoms with Gasteiger partial charge in [0.2, 0.25) is 0 Å². The fourth-order valence-electron chi connectivity index (χ4n) is 1.25. The summed E-state index contributed by atoms with van der Waals surface area (Å²) in [6, 6.07) is 5.48. The van der Waals surface area contributed by atoms with Crippen LogP contribution in [0.15, 0.2) is 12.1 Å². The summed E-state index contributed by atoms with van der Waals surface area (Å²) >= 11 is 0. The van der Waals surface area contributed by atoms with E-state index >= 15 is 0 Å². The van der Waals surface area contributed by atoms with Gasteiger partial charge in [-0.2, -0.15) is 5.26 Å². The number of rotatable bonds is 3. The highest BCUT2D eigenvalue weighted by Gasteiger charge is 2.12. The molecule has 0 radical (unpaired) electrons. The summed E-state index contributed by atoms with van der Waals surface area (Å²) in [4.78, 5) is 16.9. The number of aromatic nitrogens is 1. The number of methoxy groups -OCH3 is 1.